The highest BCUT2D eigenvalue weighted by Gasteiger charge is 2.16. The topological polar surface area (TPSA) is 86.9 Å². The Bertz CT molecular complexity index is 958. The number of benzene rings is 2. The average Bonchev–Trinajstić information content (AvgIpc) is 3.25. The lowest BCUT2D eigenvalue weighted by molar-refractivity contribution is -0.131. The molecule has 0 spiro atoms. The molecule has 0 aliphatic rings. The molecule has 3 rings (SSSR count). The zero-order valence-electron chi connectivity index (χ0n) is 17.3. The molecule has 0 aliphatic carbocycles. The fourth-order valence-electron chi connectivity index (χ4n) is 2.82. The van der Waals surface area contributed by atoms with Gasteiger partial charge in [0, 0.05) is 19.0 Å². The van der Waals surface area contributed by atoms with Crippen LogP contribution in [0.4, 0.5) is 0 Å². The molecule has 0 atom stereocenters. The number of nitrogens with zero attached hydrogens (tertiary/aromatic N) is 3. The van der Waals surface area contributed by atoms with Crippen LogP contribution in [0.15, 0.2) is 53.1 Å². The van der Waals surface area contributed by atoms with Crippen molar-refractivity contribution < 1.29 is 23.5 Å². The van der Waals surface area contributed by atoms with Gasteiger partial charge >= 0.3 is 0 Å². The van der Waals surface area contributed by atoms with E-state index in [0.717, 1.165) is 11.3 Å². The molecule has 1 amide bonds. The number of amides is 1. The molecular formula is C22H25N3O5. The number of hydrogen-bond donors (Lipinski definition) is 0. The highest BCUT2D eigenvalue weighted by Crippen LogP contribution is 2.31. The van der Waals surface area contributed by atoms with Crippen molar-refractivity contribution in [1.29, 1.82) is 0 Å². The van der Waals surface area contributed by atoms with Crippen molar-refractivity contribution in [3.63, 3.8) is 0 Å². The molecule has 0 N–H and O–H groups in total. The van der Waals surface area contributed by atoms with Gasteiger partial charge in [0.1, 0.15) is 5.75 Å². The van der Waals surface area contributed by atoms with Crippen LogP contribution >= 0.6 is 0 Å². The van der Waals surface area contributed by atoms with Crippen molar-refractivity contribution in [2.24, 2.45) is 0 Å². The number of hydrogen-bond acceptors (Lipinski definition) is 7. The van der Waals surface area contributed by atoms with E-state index in [2.05, 4.69) is 10.1 Å². The normalized spacial score (nSPS) is 10.5. The van der Waals surface area contributed by atoms with Gasteiger partial charge in [-0.15, -0.1) is 0 Å². The summed E-state index contributed by atoms with van der Waals surface area (Å²) in [4.78, 5) is 18.3. The SMILES string of the molecule is COc1ccc(-c2noc(CN(C)C(=O)CCCOc3ccccc3)n2)cc1OC. The van der Waals surface area contributed by atoms with Gasteiger partial charge in [-0.1, -0.05) is 23.4 Å². The van der Waals surface area contributed by atoms with Crippen LogP contribution in [0.2, 0.25) is 0 Å². The van der Waals surface area contributed by atoms with Crippen molar-refractivity contribution in [3.8, 4) is 28.6 Å². The van der Waals surface area contributed by atoms with E-state index in [4.69, 9.17) is 18.7 Å². The lowest BCUT2D eigenvalue weighted by Gasteiger charge is -2.14. The second-order valence-electron chi connectivity index (χ2n) is 6.60. The summed E-state index contributed by atoms with van der Waals surface area (Å²) in [7, 11) is 4.85. The highest BCUT2D eigenvalue weighted by atomic mass is 16.5. The molecule has 158 valence electrons. The maximum Gasteiger partial charge on any atom is 0.246 e. The molecule has 0 bridgehead atoms. The standard InChI is InChI=1S/C22H25N3O5/c1-25(21(26)10-7-13-29-17-8-5-4-6-9-17)15-20-23-22(24-30-20)16-11-12-18(27-2)19(14-16)28-3/h4-6,8-9,11-12,14H,7,10,13,15H2,1-3H3. The molecule has 8 nitrogen and oxygen atoms in total. The Labute approximate surface area is 175 Å². The molecule has 0 saturated carbocycles. The highest BCUT2D eigenvalue weighted by molar-refractivity contribution is 5.75. The zero-order valence-corrected chi connectivity index (χ0v) is 17.3. The molecule has 0 unspecified atom stereocenters. The number of carbonyl (C=O) groups excluding carboxylic acids is 1. The molecule has 2 aromatic carbocycles. The third kappa shape index (κ3) is 5.50. The molecular weight excluding hydrogens is 386 g/mol. The minimum atomic E-state index is -0.0162. The zero-order chi connectivity index (χ0) is 21.3. The van der Waals surface area contributed by atoms with Gasteiger partial charge in [0.2, 0.25) is 17.6 Å². The monoisotopic (exact) mass is 411 g/mol. The predicted molar refractivity (Wildman–Crippen MR) is 110 cm³/mol. The van der Waals surface area contributed by atoms with Gasteiger partial charge in [-0.3, -0.25) is 4.79 Å². The van der Waals surface area contributed by atoms with E-state index in [1.54, 1.807) is 38.3 Å². The minimum absolute atomic E-state index is 0.0162. The van der Waals surface area contributed by atoms with E-state index < -0.39 is 0 Å². The predicted octanol–water partition coefficient (Wildman–Crippen LogP) is 3.57. The quantitative estimate of drug-likeness (QED) is 0.471. The van der Waals surface area contributed by atoms with Crippen molar-refractivity contribution in [2.45, 2.75) is 19.4 Å². The van der Waals surface area contributed by atoms with E-state index in [1.165, 1.54) is 0 Å². The Kier molecular flexibility index (Phi) is 7.26. The Balaban J connectivity index is 1.50. The van der Waals surface area contributed by atoms with Crippen LogP contribution < -0.4 is 14.2 Å². The molecule has 0 radical (unpaired) electrons. The van der Waals surface area contributed by atoms with Crippen LogP contribution in [0.25, 0.3) is 11.4 Å². The van der Waals surface area contributed by atoms with E-state index in [0.29, 0.717) is 42.7 Å². The van der Waals surface area contributed by atoms with Crippen LogP contribution in [-0.2, 0) is 11.3 Å². The minimum Gasteiger partial charge on any atom is -0.494 e. The fraction of sp³-hybridized carbons (Fsp3) is 0.318. The molecule has 3 aromatic rings. The van der Waals surface area contributed by atoms with Gasteiger partial charge in [0.15, 0.2) is 11.5 Å². The summed E-state index contributed by atoms with van der Waals surface area (Å²) in [5.74, 6) is 2.75. The number of ether oxygens (including phenoxy) is 3. The average molecular weight is 411 g/mol. The second-order valence-corrected chi connectivity index (χ2v) is 6.60. The third-order valence-electron chi connectivity index (χ3n) is 4.45. The van der Waals surface area contributed by atoms with E-state index in [1.807, 2.05) is 36.4 Å². The first kappa shape index (κ1) is 21.2. The molecule has 0 fully saturated rings. The van der Waals surface area contributed by atoms with E-state index >= 15 is 0 Å². The summed E-state index contributed by atoms with van der Waals surface area (Å²) < 4.78 is 21.4. The molecule has 8 heteroatoms. The number of aromatic nitrogens is 2. The fourth-order valence-corrected chi connectivity index (χ4v) is 2.82. The van der Waals surface area contributed by atoms with E-state index in [9.17, 15) is 4.79 Å². The second kappa shape index (κ2) is 10.3. The summed E-state index contributed by atoms with van der Waals surface area (Å²) in [6, 6.07) is 14.9. The van der Waals surface area contributed by atoms with Gasteiger partial charge < -0.3 is 23.6 Å². The number of methoxy groups -OCH3 is 2. The van der Waals surface area contributed by atoms with Crippen molar-refractivity contribution >= 4 is 5.91 Å². The maximum absolute atomic E-state index is 12.3. The molecule has 0 aliphatic heterocycles. The third-order valence-corrected chi connectivity index (χ3v) is 4.45. The van der Waals surface area contributed by atoms with E-state index in [-0.39, 0.29) is 12.5 Å². The van der Waals surface area contributed by atoms with Crippen molar-refractivity contribution in [3.05, 3.63) is 54.4 Å². The van der Waals surface area contributed by atoms with Gasteiger partial charge in [0.25, 0.3) is 0 Å². The van der Waals surface area contributed by atoms with Crippen LogP contribution in [-0.4, -0.2) is 48.8 Å². The van der Waals surface area contributed by atoms with Gasteiger partial charge in [-0.25, -0.2) is 0 Å². The molecule has 1 aromatic heterocycles. The summed E-state index contributed by atoms with van der Waals surface area (Å²) in [5.41, 5.74) is 0.731. The summed E-state index contributed by atoms with van der Waals surface area (Å²) >= 11 is 0. The summed E-state index contributed by atoms with van der Waals surface area (Å²) in [6.45, 7) is 0.715. The first-order chi connectivity index (χ1) is 14.6. The first-order valence-corrected chi connectivity index (χ1v) is 9.57. The number of para-hydroxylation sites is 1. The summed E-state index contributed by atoms with van der Waals surface area (Å²) in [6.07, 6.45) is 0.999. The Morgan fingerprint density at radius 3 is 2.57 bits per heavy atom. The maximum atomic E-state index is 12.3. The van der Waals surface area contributed by atoms with Gasteiger partial charge in [-0.2, -0.15) is 4.98 Å². The number of carbonyl (C=O) groups is 1. The first-order valence-electron chi connectivity index (χ1n) is 9.57. The van der Waals surface area contributed by atoms with Crippen molar-refractivity contribution in [1.82, 2.24) is 15.0 Å². The number of rotatable bonds is 10. The lowest BCUT2D eigenvalue weighted by atomic mass is 10.2. The Morgan fingerprint density at radius 2 is 1.83 bits per heavy atom. The van der Waals surface area contributed by atoms with Crippen LogP contribution in [0.5, 0.6) is 17.2 Å². The molecule has 1 heterocycles. The van der Waals surface area contributed by atoms with Gasteiger partial charge in [0.05, 0.1) is 27.4 Å². The summed E-state index contributed by atoms with van der Waals surface area (Å²) in [5, 5.41) is 4.00. The smallest absolute Gasteiger partial charge is 0.246 e. The lowest BCUT2D eigenvalue weighted by Crippen LogP contribution is -2.26. The van der Waals surface area contributed by atoms with Crippen LogP contribution in [0, 0.1) is 0 Å². The Morgan fingerprint density at radius 1 is 1.07 bits per heavy atom. The van der Waals surface area contributed by atoms with Crippen LogP contribution in [0.3, 0.4) is 0 Å². The Hall–Kier alpha value is -3.55. The molecule has 30 heavy (non-hydrogen) atoms. The van der Waals surface area contributed by atoms with Crippen molar-refractivity contribution in [2.75, 3.05) is 27.9 Å². The molecule has 0 saturated heterocycles. The largest absolute Gasteiger partial charge is 0.494 e. The van der Waals surface area contributed by atoms with Gasteiger partial charge in [-0.05, 0) is 36.8 Å². The van der Waals surface area contributed by atoms with Crippen LogP contribution in [0.1, 0.15) is 18.7 Å².